The van der Waals surface area contributed by atoms with Gasteiger partial charge < -0.3 is 26.3 Å². The predicted octanol–water partition coefficient (Wildman–Crippen LogP) is 2.42. The van der Waals surface area contributed by atoms with E-state index in [0.717, 1.165) is 21.5 Å². The molecule has 1 aliphatic rings. The highest BCUT2D eigenvalue weighted by molar-refractivity contribution is 9.10. The Hall–Kier alpha value is -2.74. The standard InChI is InChI=1S/C16H16BrN5O2/c17-11-2-1-3-12(7-11)21-16(22-15(18)19)20-8-10-4-5-13-14(6-10)24-9-23-13/h1-7H,8-9H2,(H5,18,19,20,21,22). The van der Waals surface area contributed by atoms with E-state index in [-0.39, 0.29) is 12.8 Å². The van der Waals surface area contributed by atoms with Crippen molar-refractivity contribution in [1.29, 1.82) is 0 Å². The maximum Gasteiger partial charge on any atom is 0.231 e. The number of anilines is 1. The zero-order chi connectivity index (χ0) is 16.9. The largest absolute Gasteiger partial charge is 0.454 e. The van der Waals surface area contributed by atoms with Crippen LogP contribution in [0.25, 0.3) is 0 Å². The third-order valence-corrected chi connectivity index (χ3v) is 3.66. The number of nitrogens with zero attached hydrogens (tertiary/aromatic N) is 2. The number of halogens is 1. The Kier molecular flexibility index (Phi) is 4.85. The van der Waals surface area contributed by atoms with Crippen LogP contribution in [0, 0.1) is 0 Å². The summed E-state index contributed by atoms with van der Waals surface area (Å²) in [5.41, 5.74) is 12.7. The Morgan fingerprint density at radius 1 is 1.12 bits per heavy atom. The van der Waals surface area contributed by atoms with Gasteiger partial charge >= 0.3 is 0 Å². The van der Waals surface area contributed by atoms with Crippen LogP contribution < -0.4 is 26.3 Å². The first kappa shape index (κ1) is 16.1. The molecule has 0 bridgehead atoms. The highest BCUT2D eigenvalue weighted by atomic mass is 79.9. The van der Waals surface area contributed by atoms with Gasteiger partial charge in [-0.25, -0.2) is 4.99 Å². The minimum absolute atomic E-state index is 0.0677. The third kappa shape index (κ3) is 4.17. The number of guanidine groups is 2. The van der Waals surface area contributed by atoms with Crippen molar-refractivity contribution in [2.45, 2.75) is 6.54 Å². The Morgan fingerprint density at radius 2 is 1.96 bits per heavy atom. The smallest absolute Gasteiger partial charge is 0.231 e. The van der Waals surface area contributed by atoms with E-state index in [1.54, 1.807) is 0 Å². The first-order chi connectivity index (χ1) is 11.6. The fourth-order valence-corrected chi connectivity index (χ4v) is 2.53. The van der Waals surface area contributed by atoms with Gasteiger partial charge in [0.15, 0.2) is 17.5 Å². The van der Waals surface area contributed by atoms with Crippen molar-refractivity contribution in [2.75, 3.05) is 12.1 Å². The first-order valence-electron chi connectivity index (χ1n) is 7.15. The zero-order valence-corrected chi connectivity index (χ0v) is 14.3. The highest BCUT2D eigenvalue weighted by Crippen LogP contribution is 2.32. The molecule has 0 atom stereocenters. The Labute approximate surface area is 147 Å². The molecular weight excluding hydrogens is 374 g/mol. The molecule has 7 nitrogen and oxygen atoms in total. The molecule has 0 fully saturated rings. The predicted molar refractivity (Wildman–Crippen MR) is 97.3 cm³/mol. The van der Waals surface area contributed by atoms with Crippen LogP contribution in [-0.4, -0.2) is 18.7 Å². The van der Waals surface area contributed by atoms with Gasteiger partial charge in [-0.15, -0.1) is 0 Å². The van der Waals surface area contributed by atoms with Gasteiger partial charge in [-0.1, -0.05) is 28.1 Å². The molecule has 0 amide bonds. The maximum atomic E-state index is 5.48. The van der Waals surface area contributed by atoms with Crippen LogP contribution in [0.1, 0.15) is 5.56 Å². The Bertz CT molecular complexity index is 803. The monoisotopic (exact) mass is 389 g/mol. The highest BCUT2D eigenvalue weighted by Gasteiger charge is 2.13. The van der Waals surface area contributed by atoms with Gasteiger partial charge in [0.05, 0.1) is 6.54 Å². The van der Waals surface area contributed by atoms with Crippen LogP contribution in [0.5, 0.6) is 11.5 Å². The van der Waals surface area contributed by atoms with Crippen LogP contribution in [0.4, 0.5) is 5.69 Å². The number of fused-ring (bicyclic) bond motifs is 1. The molecule has 124 valence electrons. The van der Waals surface area contributed by atoms with E-state index in [9.17, 15) is 0 Å². The van der Waals surface area contributed by atoms with Crippen LogP contribution in [-0.2, 0) is 6.54 Å². The normalized spacial score (nSPS) is 12.8. The molecule has 0 saturated carbocycles. The Morgan fingerprint density at radius 3 is 2.75 bits per heavy atom. The first-order valence-corrected chi connectivity index (χ1v) is 7.94. The number of aliphatic imine (C=N–C) groups is 2. The molecule has 0 unspecified atom stereocenters. The van der Waals surface area contributed by atoms with Crippen molar-refractivity contribution >= 4 is 33.5 Å². The number of hydrogen-bond donors (Lipinski definition) is 3. The number of hydrogen-bond acceptors (Lipinski definition) is 3. The second kappa shape index (κ2) is 7.22. The molecular formula is C16H16BrN5O2. The molecule has 24 heavy (non-hydrogen) atoms. The number of ether oxygens (including phenoxy) is 2. The van der Waals surface area contributed by atoms with E-state index in [0.29, 0.717) is 18.3 Å². The van der Waals surface area contributed by atoms with Gasteiger partial charge in [-0.2, -0.15) is 4.99 Å². The lowest BCUT2D eigenvalue weighted by Crippen LogP contribution is -2.26. The average molecular weight is 390 g/mol. The van der Waals surface area contributed by atoms with E-state index < -0.39 is 0 Å². The number of benzene rings is 2. The fraction of sp³-hybridized carbons (Fsp3) is 0.125. The lowest BCUT2D eigenvalue weighted by atomic mass is 10.2. The molecule has 2 aromatic carbocycles. The minimum Gasteiger partial charge on any atom is -0.454 e. The maximum absolute atomic E-state index is 5.48. The summed E-state index contributed by atoms with van der Waals surface area (Å²) in [5.74, 6) is 1.71. The van der Waals surface area contributed by atoms with Gasteiger partial charge in [0, 0.05) is 10.2 Å². The van der Waals surface area contributed by atoms with Crippen molar-refractivity contribution in [3.8, 4) is 11.5 Å². The van der Waals surface area contributed by atoms with E-state index in [2.05, 4.69) is 31.2 Å². The lowest BCUT2D eigenvalue weighted by molar-refractivity contribution is 0.174. The van der Waals surface area contributed by atoms with Crippen molar-refractivity contribution in [1.82, 2.24) is 0 Å². The van der Waals surface area contributed by atoms with Crippen LogP contribution in [0.15, 0.2) is 56.9 Å². The molecule has 1 aliphatic heterocycles. The third-order valence-electron chi connectivity index (χ3n) is 3.16. The quantitative estimate of drug-likeness (QED) is 0.551. The van der Waals surface area contributed by atoms with Crippen LogP contribution >= 0.6 is 15.9 Å². The van der Waals surface area contributed by atoms with Gasteiger partial charge in [0.25, 0.3) is 0 Å². The van der Waals surface area contributed by atoms with E-state index in [1.807, 2.05) is 42.5 Å². The number of nitrogens with one attached hydrogen (secondary N) is 1. The topological polar surface area (TPSA) is 107 Å². The summed E-state index contributed by atoms with van der Waals surface area (Å²) >= 11 is 3.42. The van der Waals surface area contributed by atoms with E-state index in [1.165, 1.54) is 0 Å². The lowest BCUT2D eigenvalue weighted by Gasteiger charge is -2.07. The molecule has 0 aliphatic carbocycles. The molecule has 1 heterocycles. The number of rotatable bonds is 3. The summed E-state index contributed by atoms with van der Waals surface area (Å²) in [7, 11) is 0. The molecule has 0 saturated heterocycles. The average Bonchev–Trinajstić information content (AvgIpc) is 3.00. The van der Waals surface area contributed by atoms with Crippen molar-refractivity contribution in [3.63, 3.8) is 0 Å². The van der Waals surface area contributed by atoms with Crippen molar-refractivity contribution in [3.05, 3.63) is 52.5 Å². The van der Waals surface area contributed by atoms with Crippen molar-refractivity contribution < 1.29 is 9.47 Å². The summed E-state index contributed by atoms with van der Waals surface area (Å²) in [4.78, 5) is 8.46. The Balaban J connectivity index is 1.78. The summed E-state index contributed by atoms with van der Waals surface area (Å²) in [5, 5.41) is 3.09. The fourth-order valence-electron chi connectivity index (χ4n) is 2.13. The SMILES string of the molecule is NC(N)=NC(=NCc1ccc2c(c1)OCO2)Nc1cccc(Br)c1. The molecule has 0 spiro atoms. The van der Waals surface area contributed by atoms with Gasteiger partial charge in [0.2, 0.25) is 12.8 Å². The van der Waals surface area contributed by atoms with Crippen molar-refractivity contribution in [2.24, 2.45) is 21.5 Å². The summed E-state index contributed by atoms with van der Waals surface area (Å²) in [6.07, 6.45) is 0. The van der Waals surface area contributed by atoms with Crippen LogP contribution in [0.3, 0.4) is 0 Å². The summed E-state index contributed by atoms with van der Waals surface area (Å²) in [6, 6.07) is 13.3. The zero-order valence-electron chi connectivity index (χ0n) is 12.7. The van der Waals surface area contributed by atoms with E-state index >= 15 is 0 Å². The molecule has 5 N–H and O–H groups in total. The van der Waals surface area contributed by atoms with Gasteiger partial charge in [-0.05, 0) is 35.9 Å². The van der Waals surface area contributed by atoms with Crippen LogP contribution in [0.2, 0.25) is 0 Å². The summed E-state index contributed by atoms with van der Waals surface area (Å²) < 4.78 is 11.6. The number of nitrogens with two attached hydrogens (primary N) is 2. The van der Waals surface area contributed by atoms with E-state index in [4.69, 9.17) is 20.9 Å². The molecule has 8 heteroatoms. The minimum atomic E-state index is -0.0677. The second-order valence-electron chi connectivity index (χ2n) is 5.00. The van der Waals surface area contributed by atoms with Gasteiger partial charge in [-0.3, -0.25) is 0 Å². The second-order valence-corrected chi connectivity index (χ2v) is 5.92. The molecule has 2 aromatic rings. The molecule has 0 aromatic heterocycles. The van der Waals surface area contributed by atoms with Gasteiger partial charge in [0.1, 0.15) is 0 Å². The summed E-state index contributed by atoms with van der Waals surface area (Å²) in [6.45, 7) is 0.634. The molecule has 3 rings (SSSR count). The molecule has 0 radical (unpaired) electrons.